The van der Waals surface area contributed by atoms with Gasteiger partial charge < -0.3 is 4.74 Å². The summed E-state index contributed by atoms with van der Waals surface area (Å²) in [7, 11) is -3.34. The van der Waals surface area contributed by atoms with E-state index in [1.54, 1.807) is 12.1 Å². The molecule has 0 saturated heterocycles. The average molecular weight is 480 g/mol. The molecule has 7 heteroatoms. The van der Waals surface area contributed by atoms with Crippen molar-refractivity contribution in [2.75, 3.05) is 12.4 Å². The molecule has 0 aliphatic rings. The lowest BCUT2D eigenvalue weighted by molar-refractivity contribution is 0.0921. The van der Waals surface area contributed by atoms with Gasteiger partial charge in [-0.15, -0.1) is 11.3 Å². The Hall–Kier alpha value is -3.03. The number of aromatic nitrogens is 1. The maximum atomic E-state index is 12.6. The van der Waals surface area contributed by atoms with Crippen LogP contribution in [0.15, 0.2) is 83.8 Å². The third-order valence-corrected chi connectivity index (χ3v) is 8.20. The molecule has 5 nitrogen and oxygen atoms in total. The van der Waals surface area contributed by atoms with E-state index in [1.165, 1.54) is 29.0 Å². The van der Waals surface area contributed by atoms with Crippen LogP contribution in [-0.4, -0.2) is 31.5 Å². The first-order valence-electron chi connectivity index (χ1n) is 10.9. The van der Waals surface area contributed by atoms with Crippen LogP contribution >= 0.6 is 11.3 Å². The minimum absolute atomic E-state index is 0.123. The zero-order chi connectivity index (χ0) is 23.1. The van der Waals surface area contributed by atoms with Gasteiger partial charge in [-0.3, -0.25) is 4.79 Å². The second-order valence-corrected chi connectivity index (χ2v) is 10.9. The van der Waals surface area contributed by atoms with Gasteiger partial charge in [0.1, 0.15) is 5.75 Å². The molecule has 0 unspecified atom stereocenters. The summed E-state index contributed by atoms with van der Waals surface area (Å²) in [5.74, 6) is 0.368. The van der Waals surface area contributed by atoms with Crippen LogP contribution in [0, 0.1) is 0 Å². The minimum Gasteiger partial charge on any atom is -0.485 e. The van der Waals surface area contributed by atoms with E-state index in [0.717, 1.165) is 29.5 Å². The van der Waals surface area contributed by atoms with Gasteiger partial charge in [0.05, 0.1) is 20.9 Å². The van der Waals surface area contributed by atoms with E-state index in [0.29, 0.717) is 17.2 Å². The molecule has 4 aromatic rings. The average Bonchev–Trinajstić information content (AvgIpc) is 3.28. The monoisotopic (exact) mass is 479 g/mol. The molecule has 0 aliphatic carbocycles. The summed E-state index contributed by atoms with van der Waals surface area (Å²) in [6, 6.07) is 24.0. The number of ether oxygens (including phenoxy) is 1. The number of hydrogen-bond donors (Lipinski definition) is 0. The molecule has 170 valence electrons. The predicted molar refractivity (Wildman–Crippen MR) is 132 cm³/mol. The quantitative estimate of drug-likeness (QED) is 0.202. The Morgan fingerprint density at radius 3 is 2.33 bits per heavy atom. The van der Waals surface area contributed by atoms with Crippen LogP contribution in [0.1, 0.15) is 34.6 Å². The highest BCUT2D eigenvalue weighted by Crippen LogP contribution is 2.23. The number of ketones is 1. The Labute approximate surface area is 198 Å². The topological polar surface area (TPSA) is 73.3 Å². The SMILES string of the molecule is O=C(COc1ccc(S(=O)(=O)CCCCCc2ccccc2)cc1)c1nc2ccccc2s1. The van der Waals surface area contributed by atoms with E-state index in [2.05, 4.69) is 17.1 Å². The van der Waals surface area contributed by atoms with Crippen LogP contribution in [0.4, 0.5) is 0 Å². The van der Waals surface area contributed by atoms with Crippen molar-refractivity contribution in [2.45, 2.75) is 30.6 Å². The number of sulfone groups is 1. The van der Waals surface area contributed by atoms with Gasteiger partial charge >= 0.3 is 0 Å². The Bertz CT molecular complexity index is 1280. The highest BCUT2D eigenvalue weighted by molar-refractivity contribution is 7.91. The summed E-state index contributed by atoms with van der Waals surface area (Å²) in [5, 5.41) is 0.405. The normalized spacial score (nSPS) is 11.5. The molecule has 0 aliphatic heterocycles. The van der Waals surface area contributed by atoms with Gasteiger partial charge in [-0.1, -0.05) is 48.9 Å². The maximum Gasteiger partial charge on any atom is 0.228 e. The molecule has 0 radical (unpaired) electrons. The molecule has 0 saturated carbocycles. The molecule has 3 aromatic carbocycles. The predicted octanol–water partition coefficient (Wildman–Crippen LogP) is 5.74. The largest absolute Gasteiger partial charge is 0.485 e. The Balaban J connectivity index is 1.24. The van der Waals surface area contributed by atoms with Crippen molar-refractivity contribution in [3.63, 3.8) is 0 Å². The van der Waals surface area contributed by atoms with Gasteiger partial charge in [0.15, 0.2) is 21.5 Å². The highest BCUT2D eigenvalue weighted by Gasteiger charge is 2.15. The number of hydrogen-bond acceptors (Lipinski definition) is 6. The van der Waals surface area contributed by atoms with Crippen molar-refractivity contribution in [1.29, 1.82) is 0 Å². The number of carbonyl (C=O) groups excluding carboxylic acids is 1. The molecule has 0 atom stereocenters. The molecule has 0 fully saturated rings. The first-order valence-corrected chi connectivity index (χ1v) is 13.4. The zero-order valence-electron chi connectivity index (χ0n) is 18.1. The molecule has 4 rings (SSSR count). The summed E-state index contributed by atoms with van der Waals surface area (Å²) < 4.78 is 31.7. The van der Waals surface area contributed by atoms with Crippen LogP contribution in [0.3, 0.4) is 0 Å². The van der Waals surface area contributed by atoms with E-state index in [9.17, 15) is 13.2 Å². The van der Waals surface area contributed by atoms with E-state index < -0.39 is 9.84 Å². The summed E-state index contributed by atoms with van der Waals surface area (Å²) in [6.45, 7) is -0.146. The first-order chi connectivity index (χ1) is 16.0. The second-order valence-electron chi connectivity index (χ2n) is 7.79. The van der Waals surface area contributed by atoms with Gasteiger partial charge in [-0.2, -0.15) is 0 Å². The standard InChI is InChI=1S/C26H25NO4S2/c28-24(26-27-23-12-6-7-13-25(23)32-26)19-31-21-14-16-22(17-15-21)33(29,30)18-8-2-5-11-20-9-3-1-4-10-20/h1,3-4,6-7,9-10,12-17H,2,5,8,11,18-19H2. The fourth-order valence-corrected chi connectivity index (χ4v) is 5.77. The van der Waals surface area contributed by atoms with Crippen LogP contribution in [0.5, 0.6) is 5.75 Å². The maximum absolute atomic E-state index is 12.6. The smallest absolute Gasteiger partial charge is 0.228 e. The summed E-state index contributed by atoms with van der Waals surface area (Å²) in [6.07, 6.45) is 3.42. The molecule has 0 amide bonds. The van der Waals surface area contributed by atoms with E-state index in [1.807, 2.05) is 42.5 Å². The Morgan fingerprint density at radius 1 is 0.848 bits per heavy atom. The number of para-hydroxylation sites is 1. The summed E-state index contributed by atoms with van der Waals surface area (Å²) in [5.41, 5.74) is 2.07. The first kappa shape index (κ1) is 23.1. The minimum atomic E-state index is -3.34. The fourth-order valence-electron chi connectivity index (χ4n) is 3.51. The number of benzene rings is 3. The van der Waals surface area contributed by atoms with Crippen molar-refractivity contribution in [1.82, 2.24) is 4.98 Å². The van der Waals surface area contributed by atoms with Crippen LogP contribution in [0.2, 0.25) is 0 Å². The van der Waals surface area contributed by atoms with E-state index >= 15 is 0 Å². The van der Waals surface area contributed by atoms with Crippen molar-refractivity contribution in [2.24, 2.45) is 0 Å². The number of unbranched alkanes of at least 4 members (excludes halogenated alkanes) is 2. The lowest BCUT2D eigenvalue weighted by Crippen LogP contribution is -2.11. The van der Waals surface area contributed by atoms with Gasteiger partial charge in [0, 0.05) is 0 Å². The number of Topliss-reactive ketones (excluding diaryl/α,β-unsaturated/α-hetero) is 1. The number of carbonyl (C=O) groups is 1. The molecule has 1 aromatic heterocycles. The van der Waals surface area contributed by atoms with Crippen molar-refractivity contribution in [3.05, 3.63) is 89.4 Å². The number of thiazole rings is 1. The van der Waals surface area contributed by atoms with Crippen LogP contribution in [-0.2, 0) is 16.3 Å². The lowest BCUT2D eigenvalue weighted by Gasteiger charge is -2.07. The second kappa shape index (κ2) is 10.7. The molecule has 1 heterocycles. The van der Waals surface area contributed by atoms with Gasteiger partial charge in [-0.25, -0.2) is 13.4 Å². The van der Waals surface area contributed by atoms with Crippen molar-refractivity contribution < 1.29 is 17.9 Å². The van der Waals surface area contributed by atoms with E-state index in [-0.39, 0.29) is 23.0 Å². The number of fused-ring (bicyclic) bond motifs is 1. The van der Waals surface area contributed by atoms with Gasteiger partial charge in [-0.05, 0) is 61.2 Å². The number of nitrogens with zero attached hydrogens (tertiary/aromatic N) is 1. The fraction of sp³-hybridized carbons (Fsp3) is 0.231. The third-order valence-electron chi connectivity index (χ3n) is 5.31. The number of rotatable bonds is 11. The van der Waals surface area contributed by atoms with E-state index in [4.69, 9.17) is 4.74 Å². The molecule has 0 N–H and O–H groups in total. The molecule has 33 heavy (non-hydrogen) atoms. The van der Waals surface area contributed by atoms with Crippen LogP contribution < -0.4 is 4.74 Å². The zero-order valence-corrected chi connectivity index (χ0v) is 19.8. The third kappa shape index (κ3) is 6.27. The van der Waals surface area contributed by atoms with Crippen LogP contribution in [0.25, 0.3) is 10.2 Å². The summed E-state index contributed by atoms with van der Waals surface area (Å²) in [4.78, 5) is 17.0. The van der Waals surface area contributed by atoms with Crippen molar-refractivity contribution in [3.8, 4) is 5.75 Å². The van der Waals surface area contributed by atoms with Gasteiger partial charge in [0.2, 0.25) is 5.78 Å². The van der Waals surface area contributed by atoms with Gasteiger partial charge in [0.25, 0.3) is 0 Å². The Kier molecular flexibility index (Phi) is 7.52. The highest BCUT2D eigenvalue weighted by atomic mass is 32.2. The molecular weight excluding hydrogens is 454 g/mol. The number of aryl methyl sites for hydroxylation is 1. The molecular formula is C26H25NO4S2. The summed E-state index contributed by atoms with van der Waals surface area (Å²) >= 11 is 1.34. The van der Waals surface area contributed by atoms with Crippen molar-refractivity contribution >= 4 is 37.2 Å². The Morgan fingerprint density at radius 2 is 1.58 bits per heavy atom. The lowest BCUT2D eigenvalue weighted by atomic mass is 10.1. The molecule has 0 bridgehead atoms. The molecule has 0 spiro atoms.